The summed E-state index contributed by atoms with van der Waals surface area (Å²) in [6, 6.07) is 6.12. The minimum atomic E-state index is -3.50. The van der Waals surface area contributed by atoms with E-state index in [1.807, 2.05) is 12.1 Å². The lowest BCUT2D eigenvalue weighted by atomic mass is 9.52. The summed E-state index contributed by atoms with van der Waals surface area (Å²) in [6.07, 6.45) is 6.28. The summed E-state index contributed by atoms with van der Waals surface area (Å²) >= 11 is 0. The minimum Gasteiger partial charge on any atom is -0.497 e. The Morgan fingerprint density at radius 2 is 2.00 bits per heavy atom. The van der Waals surface area contributed by atoms with Gasteiger partial charge in [-0.25, -0.2) is 0 Å². The SMILES string of the molecule is COc1ccc2c(c1)[C@]13CCN(CC4CC4)[C@H](C2)[C@]1(O)CCN(CCCOS(C)(=O)=O)C(=O)C3. The number of fused-ring (bicyclic) bond motifs is 1. The fourth-order valence-electron chi connectivity index (χ4n) is 6.60. The molecule has 1 amide bonds. The molecule has 2 heterocycles. The number of piperidine rings is 1. The first kappa shape index (κ1) is 24.0. The van der Waals surface area contributed by atoms with Gasteiger partial charge in [0.2, 0.25) is 5.91 Å². The van der Waals surface area contributed by atoms with Gasteiger partial charge in [-0.2, -0.15) is 8.42 Å². The normalized spacial score (nSPS) is 31.6. The molecule has 3 atom stereocenters. The molecule has 0 radical (unpaired) electrons. The van der Waals surface area contributed by atoms with Crippen LogP contribution in [0.15, 0.2) is 18.2 Å². The van der Waals surface area contributed by atoms with E-state index < -0.39 is 21.1 Å². The Kier molecular flexibility index (Phi) is 6.19. The third-order valence-corrected chi connectivity index (χ3v) is 9.12. The number of nitrogens with zero attached hydrogens (tertiary/aromatic N) is 2. The van der Waals surface area contributed by atoms with Gasteiger partial charge in [0.15, 0.2) is 0 Å². The zero-order valence-electron chi connectivity index (χ0n) is 20.2. The van der Waals surface area contributed by atoms with Crippen LogP contribution in [-0.4, -0.2) is 87.0 Å². The molecule has 1 saturated carbocycles. The molecular formula is C25H36N2O6S. The molecule has 1 aromatic carbocycles. The van der Waals surface area contributed by atoms with Gasteiger partial charge in [-0.3, -0.25) is 13.9 Å². The number of benzene rings is 1. The summed E-state index contributed by atoms with van der Waals surface area (Å²) in [5.41, 5.74) is 0.619. The van der Waals surface area contributed by atoms with Crippen LogP contribution in [0.25, 0.3) is 0 Å². The molecule has 3 fully saturated rings. The van der Waals surface area contributed by atoms with Gasteiger partial charge in [-0.15, -0.1) is 0 Å². The van der Waals surface area contributed by atoms with E-state index in [4.69, 9.17) is 8.92 Å². The van der Waals surface area contributed by atoms with Gasteiger partial charge >= 0.3 is 0 Å². The maximum Gasteiger partial charge on any atom is 0.264 e. The standard InChI is InChI=1S/C25H36N2O6S/c1-32-20-7-6-19-14-22-25(29)9-12-26(10-3-13-33-34(2,30)31)23(28)16-24(25,21(19)15-20)8-11-27(22)17-18-4-5-18/h6-7,15,18,22,29H,3-5,8-14,16-17H2,1-2H3/t22-,24-,25-/m1/s1. The molecule has 5 rings (SSSR count). The summed E-state index contributed by atoms with van der Waals surface area (Å²) in [5, 5.41) is 12.5. The Hall–Kier alpha value is -1.68. The maximum absolute atomic E-state index is 13.5. The number of ether oxygens (including phenoxy) is 1. The van der Waals surface area contributed by atoms with Crippen LogP contribution in [0.4, 0.5) is 0 Å². The number of amides is 1. The minimum absolute atomic E-state index is 0.0101. The van der Waals surface area contributed by atoms with Gasteiger partial charge in [-0.1, -0.05) is 6.07 Å². The Bertz CT molecular complexity index is 1060. The topological polar surface area (TPSA) is 96.4 Å². The lowest BCUT2D eigenvalue weighted by molar-refractivity contribution is -0.153. The number of carbonyl (C=O) groups excluding carboxylic acids is 1. The monoisotopic (exact) mass is 492 g/mol. The molecule has 0 unspecified atom stereocenters. The van der Waals surface area contributed by atoms with E-state index in [1.165, 1.54) is 18.4 Å². The van der Waals surface area contributed by atoms with Crippen LogP contribution in [0, 0.1) is 5.92 Å². The van der Waals surface area contributed by atoms with Crippen molar-refractivity contribution in [3.63, 3.8) is 0 Å². The van der Waals surface area contributed by atoms with Gasteiger partial charge in [0.1, 0.15) is 5.75 Å². The average molecular weight is 493 g/mol. The van der Waals surface area contributed by atoms with Crippen LogP contribution in [0.2, 0.25) is 0 Å². The van der Waals surface area contributed by atoms with Crippen molar-refractivity contribution < 1.29 is 27.2 Å². The Morgan fingerprint density at radius 3 is 2.71 bits per heavy atom. The van der Waals surface area contributed by atoms with Gasteiger partial charge < -0.3 is 14.7 Å². The quantitative estimate of drug-likeness (QED) is 0.436. The van der Waals surface area contributed by atoms with Crippen LogP contribution in [-0.2, 0) is 30.9 Å². The number of hydrogen-bond acceptors (Lipinski definition) is 7. The largest absolute Gasteiger partial charge is 0.497 e. The van der Waals surface area contributed by atoms with Crippen LogP contribution < -0.4 is 4.74 Å². The van der Waals surface area contributed by atoms with Crippen molar-refractivity contribution in [3.8, 4) is 5.75 Å². The van der Waals surface area contributed by atoms with E-state index in [0.717, 1.165) is 49.4 Å². The second kappa shape index (κ2) is 8.76. The molecule has 4 aliphatic rings. The van der Waals surface area contributed by atoms with Crippen molar-refractivity contribution in [2.75, 3.05) is 46.2 Å². The summed E-state index contributed by atoms with van der Waals surface area (Å²) in [7, 11) is -1.85. The average Bonchev–Trinajstić information content (AvgIpc) is 3.60. The molecule has 1 aromatic rings. The molecular weight excluding hydrogens is 456 g/mol. The summed E-state index contributed by atoms with van der Waals surface area (Å²) in [5.74, 6) is 1.49. The second-order valence-electron chi connectivity index (χ2n) is 10.6. The van der Waals surface area contributed by atoms with Gasteiger partial charge in [0, 0.05) is 37.5 Å². The molecule has 9 heteroatoms. The summed E-state index contributed by atoms with van der Waals surface area (Å²) < 4.78 is 32.9. The second-order valence-corrected chi connectivity index (χ2v) is 12.3. The van der Waals surface area contributed by atoms with E-state index in [9.17, 15) is 18.3 Å². The van der Waals surface area contributed by atoms with E-state index in [2.05, 4.69) is 11.0 Å². The highest BCUT2D eigenvalue weighted by atomic mass is 32.2. The molecule has 34 heavy (non-hydrogen) atoms. The lowest BCUT2D eigenvalue weighted by Crippen LogP contribution is -2.71. The number of methoxy groups -OCH3 is 1. The third-order valence-electron chi connectivity index (χ3n) is 8.52. The fraction of sp³-hybridized carbons (Fsp3) is 0.720. The van der Waals surface area contributed by atoms with Crippen molar-refractivity contribution in [1.82, 2.24) is 9.80 Å². The van der Waals surface area contributed by atoms with Crippen molar-refractivity contribution >= 4 is 16.0 Å². The number of likely N-dealkylation sites (tertiary alicyclic amines) is 2. The first-order chi connectivity index (χ1) is 16.1. The molecule has 188 valence electrons. The number of hydrogen-bond donors (Lipinski definition) is 1. The van der Waals surface area contributed by atoms with Crippen LogP contribution >= 0.6 is 0 Å². The summed E-state index contributed by atoms with van der Waals surface area (Å²) in [6.45, 7) is 2.84. The van der Waals surface area contributed by atoms with Crippen LogP contribution in [0.3, 0.4) is 0 Å². The molecule has 0 aromatic heterocycles. The molecule has 2 saturated heterocycles. The highest BCUT2D eigenvalue weighted by Crippen LogP contribution is 2.57. The van der Waals surface area contributed by atoms with Crippen molar-refractivity contribution in [1.29, 1.82) is 0 Å². The molecule has 2 aliphatic carbocycles. The van der Waals surface area contributed by atoms with Gasteiger partial charge in [0.05, 0.1) is 25.6 Å². The number of rotatable bonds is 8. The molecule has 2 bridgehead atoms. The highest BCUT2D eigenvalue weighted by Gasteiger charge is 2.64. The molecule has 2 aliphatic heterocycles. The zero-order chi connectivity index (χ0) is 24.1. The Labute approximate surface area is 202 Å². The molecule has 8 nitrogen and oxygen atoms in total. The van der Waals surface area contributed by atoms with Crippen LogP contribution in [0.1, 0.15) is 49.7 Å². The highest BCUT2D eigenvalue weighted by molar-refractivity contribution is 7.85. The van der Waals surface area contributed by atoms with E-state index >= 15 is 0 Å². The number of aliphatic hydroxyl groups is 1. The van der Waals surface area contributed by atoms with Crippen molar-refractivity contribution in [2.45, 2.75) is 62.0 Å². The van der Waals surface area contributed by atoms with Gasteiger partial charge in [-0.05, 0) is 74.2 Å². The number of carbonyl (C=O) groups is 1. The predicted octanol–water partition coefficient (Wildman–Crippen LogP) is 1.69. The predicted molar refractivity (Wildman–Crippen MR) is 127 cm³/mol. The van der Waals surface area contributed by atoms with E-state index in [0.29, 0.717) is 25.9 Å². The Morgan fingerprint density at radius 1 is 1.21 bits per heavy atom. The van der Waals surface area contributed by atoms with E-state index in [-0.39, 0.29) is 25.0 Å². The molecule has 1 N–H and O–H groups in total. The van der Waals surface area contributed by atoms with Crippen molar-refractivity contribution in [2.24, 2.45) is 5.92 Å². The summed E-state index contributed by atoms with van der Waals surface area (Å²) in [4.78, 5) is 17.8. The van der Waals surface area contributed by atoms with E-state index in [1.54, 1.807) is 12.0 Å². The molecule has 0 spiro atoms. The van der Waals surface area contributed by atoms with Crippen molar-refractivity contribution in [3.05, 3.63) is 29.3 Å². The zero-order valence-corrected chi connectivity index (χ0v) is 21.0. The first-order valence-corrected chi connectivity index (χ1v) is 14.2. The van der Waals surface area contributed by atoms with Crippen LogP contribution in [0.5, 0.6) is 5.75 Å². The smallest absolute Gasteiger partial charge is 0.264 e. The third kappa shape index (κ3) is 4.25. The Balaban J connectivity index is 1.46. The maximum atomic E-state index is 13.5. The van der Waals surface area contributed by atoms with Gasteiger partial charge in [0.25, 0.3) is 10.1 Å². The first-order valence-electron chi connectivity index (χ1n) is 12.4. The fourth-order valence-corrected chi connectivity index (χ4v) is 7.02. The lowest BCUT2D eigenvalue weighted by Gasteiger charge is -2.61.